The summed E-state index contributed by atoms with van der Waals surface area (Å²) in [7, 11) is 0. The van der Waals surface area contributed by atoms with E-state index in [4.69, 9.17) is 0 Å². The molecule has 1 heterocycles. The summed E-state index contributed by atoms with van der Waals surface area (Å²) in [5.74, 6) is -0.382. The molecule has 0 bridgehead atoms. The number of amides is 1. The van der Waals surface area contributed by atoms with Crippen LogP contribution in [-0.4, -0.2) is 23.6 Å². The Morgan fingerprint density at radius 3 is 2.32 bits per heavy atom. The fourth-order valence-electron chi connectivity index (χ4n) is 3.56. The van der Waals surface area contributed by atoms with E-state index in [1.165, 1.54) is 0 Å². The highest BCUT2D eigenvalue weighted by Gasteiger charge is 2.48. The number of fused-ring (bicyclic) bond motifs is 1. The molecule has 0 unspecified atom stereocenters. The number of halogens is 3. The summed E-state index contributed by atoms with van der Waals surface area (Å²) in [6, 6.07) is 8.86. The minimum absolute atomic E-state index is 0.0411. The van der Waals surface area contributed by atoms with E-state index in [1.807, 2.05) is 45.0 Å². The average molecular weight is 350 g/mol. The molecule has 0 radical (unpaired) electrons. The lowest BCUT2D eigenvalue weighted by molar-refractivity contribution is -0.191. The molecule has 2 aromatic rings. The summed E-state index contributed by atoms with van der Waals surface area (Å²) >= 11 is 0. The Kier molecular flexibility index (Phi) is 4.27. The minimum atomic E-state index is -4.50. The number of nitrogens with one attached hydrogen (secondary N) is 1. The number of rotatable bonds is 2. The zero-order valence-corrected chi connectivity index (χ0v) is 14.4. The number of nitrogens with zero attached hydrogens (tertiary/aromatic N) is 1. The van der Waals surface area contributed by atoms with Crippen LogP contribution in [0.1, 0.15) is 44.4 Å². The van der Waals surface area contributed by atoms with Crippen LogP contribution < -0.4 is 5.43 Å². The molecule has 0 spiro atoms. The highest BCUT2D eigenvalue weighted by molar-refractivity contribution is 5.88. The third-order valence-electron chi connectivity index (χ3n) is 4.48. The zero-order chi connectivity index (χ0) is 18.4. The molecule has 1 atom stereocenters. The van der Waals surface area contributed by atoms with Crippen molar-refractivity contribution in [1.29, 1.82) is 0 Å². The molecule has 134 valence electrons. The SMILES string of the molecule is CC(C)(C)c1c([C@H](N2CCC(=O)N2)C(F)(F)F)ccc2ccccc12. The quantitative estimate of drug-likeness (QED) is 0.866. The largest absolute Gasteiger partial charge is 0.409 e. The van der Waals surface area contributed by atoms with Crippen molar-refractivity contribution >= 4 is 16.7 Å². The minimum Gasteiger partial charge on any atom is -0.288 e. The van der Waals surface area contributed by atoms with E-state index in [1.54, 1.807) is 12.1 Å². The van der Waals surface area contributed by atoms with Gasteiger partial charge in [0, 0.05) is 13.0 Å². The van der Waals surface area contributed by atoms with E-state index in [9.17, 15) is 18.0 Å². The Labute approximate surface area is 144 Å². The van der Waals surface area contributed by atoms with Gasteiger partial charge in [-0.05, 0) is 27.3 Å². The van der Waals surface area contributed by atoms with Crippen LogP contribution >= 0.6 is 0 Å². The summed E-state index contributed by atoms with van der Waals surface area (Å²) < 4.78 is 41.9. The molecule has 0 aliphatic carbocycles. The highest BCUT2D eigenvalue weighted by atomic mass is 19.4. The summed E-state index contributed by atoms with van der Waals surface area (Å²) in [6.07, 6.45) is -4.43. The number of carbonyl (C=O) groups excluding carboxylic acids is 1. The van der Waals surface area contributed by atoms with Crippen LogP contribution in [0.5, 0.6) is 0 Å². The van der Waals surface area contributed by atoms with Crippen molar-refractivity contribution in [1.82, 2.24) is 10.4 Å². The standard InChI is InChI=1S/C19H21F3N2O/c1-18(2,3)16-13-7-5-4-6-12(13)8-9-14(16)17(19(20,21)22)24-11-10-15(25)23-24/h4-9,17H,10-11H2,1-3H3,(H,23,25)/t17-/m0/s1. The summed E-state index contributed by atoms with van der Waals surface area (Å²) in [5, 5.41) is 2.73. The fraction of sp³-hybridized carbons (Fsp3) is 0.421. The molecule has 1 aliphatic rings. The maximum absolute atomic E-state index is 14.0. The molecular weight excluding hydrogens is 329 g/mol. The maximum atomic E-state index is 14.0. The third kappa shape index (κ3) is 3.35. The summed E-state index contributed by atoms with van der Waals surface area (Å²) in [5.41, 5.74) is 2.73. The van der Waals surface area contributed by atoms with Crippen LogP contribution in [0.25, 0.3) is 10.8 Å². The molecule has 1 aliphatic heterocycles. The van der Waals surface area contributed by atoms with Crippen molar-refractivity contribution in [3.8, 4) is 0 Å². The van der Waals surface area contributed by atoms with Gasteiger partial charge < -0.3 is 0 Å². The number of alkyl halides is 3. The van der Waals surface area contributed by atoms with Crippen LogP contribution in [0, 0.1) is 0 Å². The molecular formula is C19H21F3N2O. The van der Waals surface area contributed by atoms with Crippen LogP contribution in [0.3, 0.4) is 0 Å². The molecule has 2 aromatic carbocycles. The number of carbonyl (C=O) groups is 1. The third-order valence-corrected chi connectivity index (χ3v) is 4.48. The average Bonchev–Trinajstić information content (AvgIpc) is 2.90. The molecule has 0 aromatic heterocycles. The topological polar surface area (TPSA) is 32.3 Å². The van der Waals surface area contributed by atoms with Crippen molar-refractivity contribution in [3.05, 3.63) is 47.5 Å². The molecule has 1 fully saturated rings. The van der Waals surface area contributed by atoms with Gasteiger partial charge in [0.2, 0.25) is 5.91 Å². The molecule has 1 saturated heterocycles. The first-order valence-corrected chi connectivity index (χ1v) is 8.24. The van der Waals surface area contributed by atoms with Gasteiger partial charge in [-0.15, -0.1) is 0 Å². The first-order valence-electron chi connectivity index (χ1n) is 8.24. The highest BCUT2D eigenvalue weighted by Crippen LogP contribution is 2.44. The lowest BCUT2D eigenvalue weighted by Gasteiger charge is -2.34. The Morgan fingerprint density at radius 2 is 1.76 bits per heavy atom. The van der Waals surface area contributed by atoms with Gasteiger partial charge in [-0.1, -0.05) is 57.2 Å². The van der Waals surface area contributed by atoms with Crippen molar-refractivity contribution in [2.45, 2.75) is 44.8 Å². The Hall–Kier alpha value is -2.08. The second-order valence-electron chi connectivity index (χ2n) is 7.42. The van der Waals surface area contributed by atoms with Crippen LogP contribution in [-0.2, 0) is 10.2 Å². The Bertz CT molecular complexity index is 808. The number of hydrazine groups is 1. The van der Waals surface area contributed by atoms with Gasteiger partial charge in [0.05, 0.1) is 0 Å². The first-order chi connectivity index (χ1) is 11.6. The Balaban J connectivity index is 2.26. The van der Waals surface area contributed by atoms with Crippen LogP contribution in [0.15, 0.2) is 36.4 Å². The Morgan fingerprint density at radius 1 is 1.08 bits per heavy atom. The van der Waals surface area contributed by atoms with E-state index < -0.39 is 17.6 Å². The van der Waals surface area contributed by atoms with Gasteiger partial charge in [-0.2, -0.15) is 13.2 Å². The van der Waals surface area contributed by atoms with E-state index in [0.29, 0.717) is 5.56 Å². The zero-order valence-electron chi connectivity index (χ0n) is 14.4. The monoisotopic (exact) mass is 350 g/mol. The van der Waals surface area contributed by atoms with Gasteiger partial charge in [-0.3, -0.25) is 10.2 Å². The van der Waals surface area contributed by atoms with Crippen molar-refractivity contribution in [2.24, 2.45) is 0 Å². The molecule has 25 heavy (non-hydrogen) atoms. The van der Waals surface area contributed by atoms with Gasteiger partial charge in [-0.25, -0.2) is 5.01 Å². The molecule has 1 amide bonds. The predicted octanol–water partition coefficient (Wildman–Crippen LogP) is 4.48. The number of benzene rings is 2. The fourth-order valence-corrected chi connectivity index (χ4v) is 3.56. The van der Waals surface area contributed by atoms with Crippen LogP contribution in [0.2, 0.25) is 0 Å². The molecule has 3 rings (SSSR count). The lowest BCUT2D eigenvalue weighted by Crippen LogP contribution is -2.44. The maximum Gasteiger partial charge on any atom is 0.409 e. The molecule has 0 saturated carbocycles. The molecule has 3 nitrogen and oxygen atoms in total. The van der Waals surface area contributed by atoms with Crippen LogP contribution in [0.4, 0.5) is 13.2 Å². The molecule has 6 heteroatoms. The van der Waals surface area contributed by atoms with Crippen molar-refractivity contribution in [2.75, 3.05) is 6.54 Å². The van der Waals surface area contributed by atoms with E-state index in [0.717, 1.165) is 15.8 Å². The van der Waals surface area contributed by atoms with E-state index in [2.05, 4.69) is 5.43 Å². The second kappa shape index (κ2) is 6.02. The molecule has 1 N–H and O–H groups in total. The van der Waals surface area contributed by atoms with Gasteiger partial charge in [0.25, 0.3) is 0 Å². The second-order valence-corrected chi connectivity index (χ2v) is 7.42. The number of hydrogen-bond acceptors (Lipinski definition) is 2. The van der Waals surface area contributed by atoms with Crippen molar-refractivity contribution < 1.29 is 18.0 Å². The van der Waals surface area contributed by atoms with Crippen molar-refractivity contribution in [3.63, 3.8) is 0 Å². The van der Waals surface area contributed by atoms with Gasteiger partial charge in [0.1, 0.15) is 6.04 Å². The smallest absolute Gasteiger partial charge is 0.288 e. The lowest BCUT2D eigenvalue weighted by atomic mass is 9.78. The van der Waals surface area contributed by atoms with Gasteiger partial charge >= 0.3 is 6.18 Å². The normalized spacial score (nSPS) is 17.8. The van der Waals surface area contributed by atoms with E-state index in [-0.39, 0.29) is 24.4 Å². The van der Waals surface area contributed by atoms with E-state index >= 15 is 0 Å². The van der Waals surface area contributed by atoms with Gasteiger partial charge in [0.15, 0.2) is 0 Å². The summed E-state index contributed by atoms with van der Waals surface area (Å²) in [6.45, 7) is 5.77. The summed E-state index contributed by atoms with van der Waals surface area (Å²) in [4.78, 5) is 11.5. The predicted molar refractivity (Wildman–Crippen MR) is 90.9 cm³/mol. The first kappa shape index (κ1) is 17.7. The number of hydrogen-bond donors (Lipinski definition) is 1.